The Labute approximate surface area is 77.3 Å². The van der Waals surface area contributed by atoms with Crippen molar-refractivity contribution in [3.8, 4) is 18.1 Å². The first kappa shape index (κ1) is 10.4. The Bertz CT molecular complexity index is 395. The zero-order valence-electron chi connectivity index (χ0n) is 6.78. The van der Waals surface area contributed by atoms with Crippen LogP contribution in [0.2, 0.25) is 0 Å². The van der Waals surface area contributed by atoms with Gasteiger partial charge in [-0.05, 0) is 0 Å². The van der Waals surface area contributed by atoms with Crippen LogP contribution in [0.3, 0.4) is 0 Å². The maximum Gasteiger partial charge on any atom is 0.203 e. The third-order valence-corrected chi connectivity index (χ3v) is 1.38. The predicted molar refractivity (Wildman–Crippen MR) is 40.6 cm³/mol. The number of ether oxygens (including phenoxy) is 1. The lowest BCUT2D eigenvalue weighted by Crippen LogP contribution is -2.02. The van der Waals surface area contributed by atoms with E-state index in [1.54, 1.807) is 0 Å². The SMILES string of the molecule is C#CCOc1cc(F)c(F)c(F)c1F. The van der Waals surface area contributed by atoms with Crippen LogP contribution in [-0.4, -0.2) is 6.61 Å². The Balaban J connectivity index is 3.14. The summed E-state index contributed by atoms with van der Waals surface area (Å²) < 4.78 is 54.7. The van der Waals surface area contributed by atoms with Crippen LogP contribution in [0.4, 0.5) is 17.6 Å². The van der Waals surface area contributed by atoms with E-state index in [0.717, 1.165) is 0 Å². The van der Waals surface area contributed by atoms with Crippen molar-refractivity contribution in [2.45, 2.75) is 0 Å². The fourth-order valence-corrected chi connectivity index (χ4v) is 0.776. The minimum Gasteiger partial charge on any atom is -0.478 e. The van der Waals surface area contributed by atoms with E-state index in [4.69, 9.17) is 6.42 Å². The molecule has 0 radical (unpaired) electrons. The molecular weight excluding hydrogens is 200 g/mol. The fourth-order valence-electron chi connectivity index (χ4n) is 0.776. The minimum atomic E-state index is -1.92. The second-order valence-electron chi connectivity index (χ2n) is 2.29. The second kappa shape index (κ2) is 4.01. The van der Waals surface area contributed by atoms with Crippen LogP contribution in [0.1, 0.15) is 0 Å². The van der Waals surface area contributed by atoms with E-state index in [2.05, 4.69) is 4.74 Å². The summed E-state index contributed by atoms with van der Waals surface area (Å²) in [6, 6.07) is 0.394. The Kier molecular flexibility index (Phi) is 2.97. The van der Waals surface area contributed by atoms with Gasteiger partial charge in [0.25, 0.3) is 0 Å². The molecule has 0 saturated carbocycles. The molecule has 0 fully saturated rings. The molecule has 5 heteroatoms. The van der Waals surface area contributed by atoms with E-state index in [0.29, 0.717) is 6.07 Å². The zero-order valence-corrected chi connectivity index (χ0v) is 6.78. The van der Waals surface area contributed by atoms with Crippen LogP contribution in [0.25, 0.3) is 0 Å². The number of halogens is 4. The van der Waals surface area contributed by atoms with Crippen molar-refractivity contribution >= 4 is 0 Å². The lowest BCUT2D eigenvalue weighted by atomic mass is 10.3. The molecule has 0 amide bonds. The molecule has 0 N–H and O–H groups in total. The molecule has 1 aromatic rings. The standard InChI is InChI=1S/C9H4F4O/c1-2-3-14-6-4-5(10)7(11)9(13)8(6)12/h1,4H,3H2. The van der Waals surface area contributed by atoms with Gasteiger partial charge >= 0.3 is 0 Å². The summed E-state index contributed by atoms with van der Waals surface area (Å²) in [5.41, 5.74) is 0. The molecule has 0 saturated heterocycles. The third kappa shape index (κ3) is 1.79. The maximum atomic E-state index is 12.8. The van der Waals surface area contributed by atoms with Crippen LogP contribution < -0.4 is 4.74 Å². The average molecular weight is 204 g/mol. The summed E-state index contributed by atoms with van der Waals surface area (Å²) in [4.78, 5) is 0. The van der Waals surface area contributed by atoms with Crippen molar-refractivity contribution in [3.05, 3.63) is 29.3 Å². The molecule has 0 aromatic heterocycles. The maximum absolute atomic E-state index is 12.8. The predicted octanol–water partition coefficient (Wildman–Crippen LogP) is 2.25. The second-order valence-corrected chi connectivity index (χ2v) is 2.29. The molecule has 14 heavy (non-hydrogen) atoms. The summed E-state index contributed by atoms with van der Waals surface area (Å²) in [6.45, 7) is -0.360. The number of rotatable bonds is 2. The van der Waals surface area contributed by atoms with E-state index in [-0.39, 0.29) is 6.61 Å². The van der Waals surface area contributed by atoms with Gasteiger partial charge in [-0.2, -0.15) is 4.39 Å². The van der Waals surface area contributed by atoms with E-state index < -0.39 is 29.0 Å². The van der Waals surface area contributed by atoms with Gasteiger partial charge in [-0.15, -0.1) is 6.42 Å². The fraction of sp³-hybridized carbons (Fsp3) is 0.111. The summed E-state index contributed by atoms with van der Waals surface area (Å²) in [6.07, 6.45) is 4.77. The Morgan fingerprint density at radius 3 is 2.36 bits per heavy atom. The van der Waals surface area contributed by atoms with Crippen LogP contribution in [0.15, 0.2) is 6.07 Å². The first-order valence-electron chi connectivity index (χ1n) is 3.47. The zero-order chi connectivity index (χ0) is 10.7. The highest BCUT2D eigenvalue weighted by atomic mass is 19.2. The molecule has 0 spiro atoms. The lowest BCUT2D eigenvalue weighted by molar-refractivity contribution is 0.322. The van der Waals surface area contributed by atoms with Crippen LogP contribution in [0.5, 0.6) is 5.75 Å². The van der Waals surface area contributed by atoms with Gasteiger partial charge in [0.2, 0.25) is 11.6 Å². The number of benzene rings is 1. The van der Waals surface area contributed by atoms with E-state index in [1.807, 2.05) is 5.92 Å². The van der Waals surface area contributed by atoms with E-state index >= 15 is 0 Å². The van der Waals surface area contributed by atoms with Gasteiger partial charge in [0, 0.05) is 6.07 Å². The van der Waals surface area contributed by atoms with Gasteiger partial charge in [0.1, 0.15) is 6.61 Å². The van der Waals surface area contributed by atoms with Crippen molar-refractivity contribution in [1.29, 1.82) is 0 Å². The molecular formula is C9H4F4O. The topological polar surface area (TPSA) is 9.23 Å². The number of hydrogen-bond donors (Lipinski definition) is 0. The highest BCUT2D eigenvalue weighted by Gasteiger charge is 2.19. The van der Waals surface area contributed by atoms with Crippen LogP contribution in [-0.2, 0) is 0 Å². The van der Waals surface area contributed by atoms with Gasteiger partial charge in [0.05, 0.1) is 0 Å². The van der Waals surface area contributed by atoms with Crippen molar-refractivity contribution < 1.29 is 22.3 Å². The Hall–Kier alpha value is -1.70. The quantitative estimate of drug-likeness (QED) is 0.310. The smallest absolute Gasteiger partial charge is 0.203 e. The minimum absolute atomic E-state index is 0.360. The average Bonchev–Trinajstić information content (AvgIpc) is 2.18. The first-order valence-corrected chi connectivity index (χ1v) is 3.47. The molecule has 0 aliphatic heterocycles. The van der Waals surface area contributed by atoms with Crippen LogP contribution >= 0.6 is 0 Å². The number of hydrogen-bond acceptors (Lipinski definition) is 1. The normalized spacial score (nSPS) is 9.64. The van der Waals surface area contributed by atoms with Crippen molar-refractivity contribution in [2.75, 3.05) is 6.61 Å². The van der Waals surface area contributed by atoms with Crippen molar-refractivity contribution in [3.63, 3.8) is 0 Å². The molecule has 0 atom stereocenters. The van der Waals surface area contributed by atoms with Crippen molar-refractivity contribution in [1.82, 2.24) is 0 Å². The molecule has 0 bridgehead atoms. The Morgan fingerprint density at radius 2 is 1.79 bits per heavy atom. The van der Waals surface area contributed by atoms with Gasteiger partial charge in [-0.25, -0.2) is 13.2 Å². The first-order chi connectivity index (χ1) is 6.57. The van der Waals surface area contributed by atoms with Gasteiger partial charge in [0.15, 0.2) is 17.4 Å². The lowest BCUT2D eigenvalue weighted by Gasteiger charge is -2.05. The van der Waals surface area contributed by atoms with Gasteiger partial charge in [-0.1, -0.05) is 5.92 Å². The molecule has 1 rings (SSSR count). The highest BCUT2D eigenvalue weighted by molar-refractivity contribution is 5.27. The molecule has 0 heterocycles. The van der Waals surface area contributed by atoms with E-state index in [9.17, 15) is 17.6 Å². The molecule has 0 unspecified atom stereocenters. The molecule has 1 nitrogen and oxygen atoms in total. The monoisotopic (exact) mass is 204 g/mol. The molecule has 1 aromatic carbocycles. The molecule has 74 valence electrons. The van der Waals surface area contributed by atoms with Gasteiger partial charge in [-0.3, -0.25) is 0 Å². The van der Waals surface area contributed by atoms with Crippen LogP contribution in [0, 0.1) is 35.6 Å². The highest BCUT2D eigenvalue weighted by Crippen LogP contribution is 2.24. The summed E-state index contributed by atoms with van der Waals surface area (Å²) in [7, 11) is 0. The number of terminal acetylenes is 1. The van der Waals surface area contributed by atoms with Crippen molar-refractivity contribution in [2.24, 2.45) is 0 Å². The third-order valence-electron chi connectivity index (χ3n) is 1.38. The molecule has 0 aliphatic rings. The molecule has 0 aliphatic carbocycles. The van der Waals surface area contributed by atoms with E-state index in [1.165, 1.54) is 0 Å². The summed E-state index contributed by atoms with van der Waals surface area (Å²) in [5.74, 6) is -5.71. The largest absolute Gasteiger partial charge is 0.478 e. The summed E-state index contributed by atoms with van der Waals surface area (Å²) >= 11 is 0. The summed E-state index contributed by atoms with van der Waals surface area (Å²) in [5, 5.41) is 0. The Morgan fingerprint density at radius 1 is 1.14 bits per heavy atom. The van der Waals surface area contributed by atoms with Gasteiger partial charge < -0.3 is 4.74 Å².